The first kappa shape index (κ1) is 11.1. The first-order valence-electron chi connectivity index (χ1n) is 5.89. The first-order valence-corrected chi connectivity index (χ1v) is 5.89. The van der Waals surface area contributed by atoms with Gasteiger partial charge in [-0.15, -0.1) is 0 Å². The normalized spacial score (nSPS) is 14.3. The van der Waals surface area contributed by atoms with Crippen LogP contribution in [-0.4, -0.2) is 21.6 Å². The molecule has 1 aliphatic rings. The van der Waals surface area contributed by atoms with Gasteiger partial charge in [-0.1, -0.05) is 0 Å². The molecule has 0 radical (unpaired) electrons. The van der Waals surface area contributed by atoms with Crippen molar-refractivity contribution in [3.05, 3.63) is 35.3 Å². The Morgan fingerprint density at radius 3 is 3.06 bits per heavy atom. The van der Waals surface area contributed by atoms with Gasteiger partial charge in [-0.2, -0.15) is 0 Å². The van der Waals surface area contributed by atoms with Crippen LogP contribution < -0.4 is 5.73 Å². The molecule has 0 saturated heterocycles. The van der Waals surface area contributed by atoms with E-state index in [2.05, 4.69) is 15.0 Å². The molecule has 3 heterocycles. The smallest absolute Gasteiger partial charge is 0.163 e. The van der Waals surface area contributed by atoms with E-state index in [1.165, 1.54) is 0 Å². The predicted molar refractivity (Wildman–Crippen MR) is 67.8 cm³/mol. The molecule has 0 saturated carbocycles. The Balaban J connectivity index is 2.14. The number of ether oxygens (including phenoxy) is 1. The molecule has 92 valence electrons. The predicted octanol–water partition coefficient (Wildman–Crippen LogP) is 1.50. The van der Waals surface area contributed by atoms with Gasteiger partial charge in [0.15, 0.2) is 5.82 Å². The zero-order valence-electron chi connectivity index (χ0n) is 10.2. The first-order chi connectivity index (χ1) is 8.75. The molecule has 18 heavy (non-hydrogen) atoms. The highest BCUT2D eigenvalue weighted by molar-refractivity contribution is 5.61. The summed E-state index contributed by atoms with van der Waals surface area (Å²) in [6.45, 7) is 3.21. The van der Waals surface area contributed by atoms with Crippen molar-refractivity contribution in [1.29, 1.82) is 0 Å². The molecular formula is C13H14N4O. The zero-order chi connectivity index (χ0) is 12.5. The summed E-state index contributed by atoms with van der Waals surface area (Å²) in [6.07, 6.45) is 4.32. The van der Waals surface area contributed by atoms with Crippen LogP contribution in [-0.2, 0) is 17.8 Å². The van der Waals surface area contributed by atoms with Crippen LogP contribution in [0.25, 0.3) is 11.4 Å². The van der Waals surface area contributed by atoms with Gasteiger partial charge in [0.1, 0.15) is 5.82 Å². The number of aromatic nitrogens is 3. The van der Waals surface area contributed by atoms with Gasteiger partial charge in [0, 0.05) is 29.9 Å². The van der Waals surface area contributed by atoms with Gasteiger partial charge in [-0.3, -0.25) is 4.98 Å². The minimum Gasteiger partial charge on any atom is -0.383 e. The molecule has 0 unspecified atom stereocenters. The highest BCUT2D eigenvalue weighted by Gasteiger charge is 2.17. The maximum atomic E-state index is 5.98. The summed E-state index contributed by atoms with van der Waals surface area (Å²) in [5.41, 5.74) is 9.92. The Kier molecular flexibility index (Phi) is 2.68. The second-order valence-electron chi connectivity index (χ2n) is 4.35. The molecule has 0 amide bonds. The number of anilines is 1. The fourth-order valence-electron chi connectivity index (χ4n) is 2.08. The Morgan fingerprint density at radius 1 is 1.33 bits per heavy atom. The third kappa shape index (κ3) is 1.82. The van der Waals surface area contributed by atoms with Crippen molar-refractivity contribution in [2.45, 2.75) is 20.0 Å². The Morgan fingerprint density at radius 2 is 2.22 bits per heavy atom. The molecule has 0 fully saturated rings. The second kappa shape index (κ2) is 4.34. The van der Waals surface area contributed by atoms with Crippen molar-refractivity contribution in [2.24, 2.45) is 0 Å². The van der Waals surface area contributed by atoms with Gasteiger partial charge < -0.3 is 10.5 Å². The van der Waals surface area contributed by atoms with Gasteiger partial charge in [-0.25, -0.2) is 9.97 Å². The minimum atomic E-state index is 0.507. The maximum absolute atomic E-state index is 5.98. The number of nitrogens with zero attached hydrogens (tertiary/aromatic N) is 3. The van der Waals surface area contributed by atoms with E-state index in [1.807, 2.05) is 13.0 Å². The number of aryl methyl sites for hydroxylation is 1. The third-order valence-electron chi connectivity index (χ3n) is 3.13. The average molecular weight is 242 g/mol. The van der Waals surface area contributed by atoms with E-state index in [9.17, 15) is 0 Å². The number of rotatable bonds is 1. The summed E-state index contributed by atoms with van der Waals surface area (Å²) in [5, 5.41) is 0. The monoisotopic (exact) mass is 242 g/mol. The van der Waals surface area contributed by atoms with Crippen LogP contribution in [0.15, 0.2) is 18.5 Å². The van der Waals surface area contributed by atoms with Crippen molar-refractivity contribution < 1.29 is 4.74 Å². The average Bonchev–Trinajstić information content (AvgIpc) is 2.39. The molecule has 0 aromatic carbocycles. The number of hydrogen-bond donors (Lipinski definition) is 1. The number of fused-ring (bicyclic) bond motifs is 1. The lowest BCUT2D eigenvalue weighted by Crippen LogP contribution is -2.16. The number of hydrogen-bond acceptors (Lipinski definition) is 5. The SMILES string of the molecule is Cc1ccncc1-c1nc(N)c2c(n1)CCOC2. The molecule has 5 heteroatoms. The molecule has 2 aromatic rings. The lowest BCUT2D eigenvalue weighted by Gasteiger charge is -2.18. The van der Waals surface area contributed by atoms with Crippen molar-refractivity contribution in [1.82, 2.24) is 15.0 Å². The van der Waals surface area contributed by atoms with E-state index in [-0.39, 0.29) is 0 Å². The van der Waals surface area contributed by atoms with E-state index in [0.29, 0.717) is 24.9 Å². The molecule has 2 N–H and O–H groups in total. The molecule has 5 nitrogen and oxygen atoms in total. The molecule has 0 aliphatic carbocycles. The van der Waals surface area contributed by atoms with E-state index in [4.69, 9.17) is 10.5 Å². The van der Waals surface area contributed by atoms with Gasteiger partial charge in [0.05, 0.1) is 18.9 Å². The summed E-state index contributed by atoms with van der Waals surface area (Å²) in [5.74, 6) is 1.16. The topological polar surface area (TPSA) is 73.9 Å². The fraction of sp³-hybridized carbons (Fsp3) is 0.308. The largest absolute Gasteiger partial charge is 0.383 e. The van der Waals surface area contributed by atoms with Crippen LogP contribution in [0.3, 0.4) is 0 Å². The Hall–Kier alpha value is -2.01. The van der Waals surface area contributed by atoms with E-state index in [0.717, 1.165) is 28.8 Å². The van der Waals surface area contributed by atoms with Crippen molar-refractivity contribution in [2.75, 3.05) is 12.3 Å². The summed E-state index contributed by atoms with van der Waals surface area (Å²) >= 11 is 0. The Labute approximate surface area is 105 Å². The highest BCUT2D eigenvalue weighted by Crippen LogP contribution is 2.25. The molecule has 0 atom stereocenters. The quantitative estimate of drug-likeness (QED) is 0.820. The summed E-state index contributed by atoms with van der Waals surface area (Å²) in [7, 11) is 0. The third-order valence-corrected chi connectivity index (χ3v) is 3.13. The van der Waals surface area contributed by atoms with Crippen molar-refractivity contribution in [3.8, 4) is 11.4 Å². The number of pyridine rings is 1. The van der Waals surface area contributed by atoms with E-state index >= 15 is 0 Å². The minimum absolute atomic E-state index is 0.507. The van der Waals surface area contributed by atoms with E-state index < -0.39 is 0 Å². The number of nitrogens with two attached hydrogens (primary N) is 1. The second-order valence-corrected chi connectivity index (χ2v) is 4.35. The fourth-order valence-corrected chi connectivity index (χ4v) is 2.08. The van der Waals surface area contributed by atoms with Crippen molar-refractivity contribution in [3.63, 3.8) is 0 Å². The molecule has 0 spiro atoms. The maximum Gasteiger partial charge on any atom is 0.163 e. The molecule has 0 bridgehead atoms. The van der Waals surface area contributed by atoms with Crippen LogP contribution in [0.5, 0.6) is 0 Å². The molecule has 2 aromatic heterocycles. The van der Waals surface area contributed by atoms with Crippen LogP contribution >= 0.6 is 0 Å². The summed E-state index contributed by atoms with van der Waals surface area (Å²) in [4.78, 5) is 13.1. The van der Waals surface area contributed by atoms with Gasteiger partial charge in [0.25, 0.3) is 0 Å². The van der Waals surface area contributed by atoms with E-state index in [1.54, 1.807) is 12.4 Å². The van der Waals surface area contributed by atoms with Crippen LogP contribution in [0.2, 0.25) is 0 Å². The standard InChI is InChI=1S/C13H14N4O/c1-8-2-4-15-6-9(8)13-16-11-3-5-18-7-10(11)12(14)17-13/h2,4,6H,3,5,7H2,1H3,(H2,14,16,17). The molecular weight excluding hydrogens is 228 g/mol. The highest BCUT2D eigenvalue weighted by atomic mass is 16.5. The summed E-state index contributed by atoms with van der Waals surface area (Å²) in [6, 6.07) is 1.94. The number of nitrogen functional groups attached to an aromatic ring is 1. The Bertz CT molecular complexity index is 598. The lowest BCUT2D eigenvalue weighted by molar-refractivity contribution is 0.109. The van der Waals surface area contributed by atoms with Gasteiger partial charge >= 0.3 is 0 Å². The zero-order valence-corrected chi connectivity index (χ0v) is 10.2. The van der Waals surface area contributed by atoms with Crippen LogP contribution in [0.1, 0.15) is 16.8 Å². The summed E-state index contributed by atoms with van der Waals surface area (Å²) < 4.78 is 5.37. The molecule has 1 aliphatic heterocycles. The van der Waals surface area contributed by atoms with Gasteiger partial charge in [0.2, 0.25) is 0 Å². The van der Waals surface area contributed by atoms with Gasteiger partial charge in [-0.05, 0) is 18.6 Å². The lowest BCUT2D eigenvalue weighted by atomic mass is 10.1. The van der Waals surface area contributed by atoms with Crippen molar-refractivity contribution >= 4 is 5.82 Å². The van der Waals surface area contributed by atoms with Crippen LogP contribution in [0.4, 0.5) is 5.82 Å². The van der Waals surface area contributed by atoms with Crippen LogP contribution in [0, 0.1) is 6.92 Å². The molecule has 3 rings (SSSR count).